The van der Waals surface area contributed by atoms with Crippen LogP contribution in [0.25, 0.3) is 6.08 Å². The molecule has 0 aliphatic heterocycles. The maximum absolute atomic E-state index is 10.8. The van der Waals surface area contributed by atoms with Crippen molar-refractivity contribution in [1.29, 1.82) is 0 Å². The van der Waals surface area contributed by atoms with E-state index in [0.29, 0.717) is 0 Å². The Hall–Kier alpha value is -2.10. The largest absolute Gasteiger partial charge is 0.478 e. The van der Waals surface area contributed by atoms with E-state index in [1.165, 1.54) is 0 Å². The second-order valence-electron chi connectivity index (χ2n) is 3.96. The van der Waals surface area contributed by atoms with E-state index in [0.717, 1.165) is 28.3 Å². The van der Waals surface area contributed by atoms with Crippen LogP contribution in [0.3, 0.4) is 0 Å². The Balaban J connectivity index is 3.10. The molecule has 0 fully saturated rings. The number of carboxylic acid groups (broad SMARTS) is 1. The van der Waals surface area contributed by atoms with Crippen molar-refractivity contribution in [1.82, 2.24) is 0 Å². The van der Waals surface area contributed by atoms with Crippen LogP contribution >= 0.6 is 0 Å². The fraction of sp³-hybridized carbons (Fsp3) is 0.231. The van der Waals surface area contributed by atoms with Crippen LogP contribution in [0.15, 0.2) is 18.2 Å². The maximum Gasteiger partial charge on any atom is 0.328 e. The van der Waals surface area contributed by atoms with Crippen LogP contribution in [0, 0.1) is 13.8 Å². The first kappa shape index (κ1) is 13.0. The number of aliphatic carboxylic acids is 1. The summed E-state index contributed by atoms with van der Waals surface area (Å²) in [5.74, 6) is -1.36. The molecule has 1 aromatic rings. The first-order chi connectivity index (χ1) is 7.90. The second kappa shape index (κ2) is 5.30. The summed E-state index contributed by atoms with van der Waals surface area (Å²) >= 11 is 0. The predicted molar refractivity (Wildman–Crippen MR) is 65.5 cm³/mol. The summed E-state index contributed by atoms with van der Waals surface area (Å²) in [6, 6.07) is 3.69. The SMILES string of the molecule is Cc1cc(CC(N)=O)cc(C)c1C=CC(=O)O. The minimum atomic E-state index is -0.981. The molecule has 0 aliphatic carbocycles. The van der Waals surface area contributed by atoms with E-state index in [9.17, 15) is 9.59 Å². The lowest BCUT2D eigenvalue weighted by Crippen LogP contribution is -2.14. The van der Waals surface area contributed by atoms with Crippen molar-refractivity contribution in [2.24, 2.45) is 5.73 Å². The van der Waals surface area contributed by atoms with Gasteiger partial charge in [0.2, 0.25) is 5.91 Å². The van der Waals surface area contributed by atoms with Crippen molar-refractivity contribution < 1.29 is 14.7 Å². The molecule has 3 N–H and O–H groups in total. The van der Waals surface area contributed by atoms with Gasteiger partial charge in [0.05, 0.1) is 6.42 Å². The molecule has 0 saturated carbocycles. The second-order valence-corrected chi connectivity index (χ2v) is 3.96. The Kier molecular flexibility index (Phi) is 4.04. The Morgan fingerprint density at radius 3 is 2.24 bits per heavy atom. The molecule has 0 spiro atoms. The summed E-state index contributed by atoms with van der Waals surface area (Å²) in [7, 11) is 0. The number of carbonyl (C=O) groups excluding carboxylic acids is 1. The zero-order valence-electron chi connectivity index (χ0n) is 9.86. The lowest BCUT2D eigenvalue weighted by molar-refractivity contribution is -0.131. The van der Waals surface area contributed by atoms with Crippen LogP contribution in [0.1, 0.15) is 22.3 Å². The third-order valence-corrected chi connectivity index (χ3v) is 2.42. The van der Waals surface area contributed by atoms with E-state index in [1.807, 2.05) is 26.0 Å². The van der Waals surface area contributed by atoms with E-state index < -0.39 is 5.97 Å². The molecule has 0 radical (unpaired) electrons. The van der Waals surface area contributed by atoms with Gasteiger partial charge in [-0.3, -0.25) is 4.79 Å². The summed E-state index contributed by atoms with van der Waals surface area (Å²) < 4.78 is 0. The van der Waals surface area contributed by atoms with Crippen molar-refractivity contribution in [3.63, 3.8) is 0 Å². The molecule has 17 heavy (non-hydrogen) atoms. The first-order valence-corrected chi connectivity index (χ1v) is 5.19. The van der Waals surface area contributed by atoms with Crippen molar-refractivity contribution in [2.75, 3.05) is 0 Å². The van der Waals surface area contributed by atoms with Crippen LogP contribution < -0.4 is 5.73 Å². The fourth-order valence-corrected chi connectivity index (χ4v) is 1.79. The summed E-state index contributed by atoms with van der Waals surface area (Å²) in [4.78, 5) is 21.3. The van der Waals surface area contributed by atoms with Crippen LogP contribution in [-0.4, -0.2) is 17.0 Å². The smallest absolute Gasteiger partial charge is 0.328 e. The van der Waals surface area contributed by atoms with Gasteiger partial charge in [-0.2, -0.15) is 0 Å². The van der Waals surface area contributed by atoms with Crippen molar-refractivity contribution >= 4 is 18.0 Å². The highest BCUT2D eigenvalue weighted by molar-refractivity contribution is 5.86. The van der Waals surface area contributed by atoms with Crippen molar-refractivity contribution in [2.45, 2.75) is 20.3 Å². The van der Waals surface area contributed by atoms with Crippen molar-refractivity contribution in [3.05, 3.63) is 40.5 Å². The monoisotopic (exact) mass is 233 g/mol. The summed E-state index contributed by atoms with van der Waals surface area (Å²) in [5, 5.41) is 8.58. The predicted octanol–water partition coefficient (Wildman–Crippen LogP) is 1.43. The van der Waals surface area contributed by atoms with Crippen LogP contribution in [0.4, 0.5) is 0 Å². The molecule has 4 heteroatoms. The number of carbonyl (C=O) groups is 2. The van der Waals surface area contributed by atoms with Crippen LogP contribution in [-0.2, 0) is 16.0 Å². The third-order valence-electron chi connectivity index (χ3n) is 2.42. The highest BCUT2D eigenvalue weighted by Crippen LogP contribution is 2.18. The minimum absolute atomic E-state index is 0.199. The zero-order chi connectivity index (χ0) is 13.0. The Labute approximate surface area is 99.8 Å². The van der Waals surface area contributed by atoms with Crippen LogP contribution in [0.5, 0.6) is 0 Å². The summed E-state index contributed by atoms with van der Waals surface area (Å²) in [6.07, 6.45) is 2.86. The van der Waals surface area contributed by atoms with Crippen molar-refractivity contribution in [3.8, 4) is 0 Å². The number of hydrogen-bond acceptors (Lipinski definition) is 2. The molecule has 0 unspecified atom stereocenters. The Bertz CT molecular complexity index is 466. The number of nitrogens with two attached hydrogens (primary N) is 1. The minimum Gasteiger partial charge on any atom is -0.478 e. The van der Waals surface area contributed by atoms with Gasteiger partial charge in [-0.15, -0.1) is 0 Å². The average molecular weight is 233 g/mol. The molecule has 1 aromatic carbocycles. The maximum atomic E-state index is 10.8. The molecule has 0 atom stereocenters. The number of rotatable bonds is 4. The highest BCUT2D eigenvalue weighted by Gasteiger charge is 2.05. The topological polar surface area (TPSA) is 80.4 Å². The van der Waals surface area contributed by atoms with E-state index in [4.69, 9.17) is 10.8 Å². The number of primary amides is 1. The molecule has 1 rings (SSSR count). The average Bonchev–Trinajstić information content (AvgIpc) is 2.14. The van der Waals surface area contributed by atoms with Gasteiger partial charge in [0.25, 0.3) is 0 Å². The number of carboxylic acids is 1. The number of amides is 1. The molecule has 90 valence electrons. The molecule has 0 saturated heterocycles. The van der Waals surface area contributed by atoms with Gasteiger partial charge < -0.3 is 10.8 Å². The Morgan fingerprint density at radius 1 is 1.29 bits per heavy atom. The van der Waals surface area contributed by atoms with Gasteiger partial charge in [0, 0.05) is 6.08 Å². The van der Waals surface area contributed by atoms with Gasteiger partial charge >= 0.3 is 5.97 Å². The molecule has 0 heterocycles. The van der Waals surface area contributed by atoms with Gasteiger partial charge in [0.1, 0.15) is 0 Å². The molecule has 4 nitrogen and oxygen atoms in total. The zero-order valence-corrected chi connectivity index (χ0v) is 9.86. The molecule has 1 amide bonds. The number of aryl methyl sites for hydroxylation is 2. The van der Waals surface area contributed by atoms with Gasteiger partial charge in [-0.1, -0.05) is 12.1 Å². The standard InChI is InChI=1S/C13H15NO3/c1-8-5-10(7-12(14)15)6-9(2)11(8)3-4-13(16)17/h3-6H,7H2,1-2H3,(H2,14,15)(H,16,17). The highest BCUT2D eigenvalue weighted by atomic mass is 16.4. The lowest BCUT2D eigenvalue weighted by atomic mass is 9.97. The lowest BCUT2D eigenvalue weighted by Gasteiger charge is -2.08. The summed E-state index contributed by atoms with van der Waals surface area (Å²) in [5.41, 5.74) is 8.70. The summed E-state index contributed by atoms with van der Waals surface area (Å²) in [6.45, 7) is 3.75. The number of benzene rings is 1. The van der Waals surface area contributed by atoms with E-state index in [-0.39, 0.29) is 12.3 Å². The molecule has 0 aliphatic rings. The molecular weight excluding hydrogens is 218 g/mol. The fourth-order valence-electron chi connectivity index (χ4n) is 1.79. The van der Waals surface area contributed by atoms with E-state index in [2.05, 4.69) is 0 Å². The van der Waals surface area contributed by atoms with E-state index in [1.54, 1.807) is 6.08 Å². The quantitative estimate of drug-likeness (QED) is 0.772. The first-order valence-electron chi connectivity index (χ1n) is 5.19. The molecule has 0 bridgehead atoms. The van der Waals surface area contributed by atoms with E-state index >= 15 is 0 Å². The normalized spacial score (nSPS) is 10.7. The number of hydrogen-bond donors (Lipinski definition) is 2. The van der Waals surface area contributed by atoms with Gasteiger partial charge in [-0.05, 0) is 42.2 Å². The Morgan fingerprint density at radius 2 is 1.82 bits per heavy atom. The van der Waals surface area contributed by atoms with Gasteiger partial charge in [0.15, 0.2) is 0 Å². The third kappa shape index (κ3) is 3.75. The molecule has 0 aromatic heterocycles. The molecular formula is C13H15NO3. The van der Waals surface area contributed by atoms with Crippen LogP contribution in [0.2, 0.25) is 0 Å². The van der Waals surface area contributed by atoms with Gasteiger partial charge in [-0.25, -0.2) is 4.79 Å².